The van der Waals surface area contributed by atoms with Crippen molar-refractivity contribution in [3.8, 4) is 0 Å². The summed E-state index contributed by atoms with van der Waals surface area (Å²) < 4.78 is 12.7. The van der Waals surface area contributed by atoms with Crippen molar-refractivity contribution < 1.29 is 14.3 Å². The fourth-order valence-electron chi connectivity index (χ4n) is 3.55. The van der Waals surface area contributed by atoms with E-state index in [0.29, 0.717) is 46.0 Å². The van der Waals surface area contributed by atoms with Crippen LogP contribution in [-0.2, 0) is 14.3 Å². The summed E-state index contributed by atoms with van der Waals surface area (Å²) in [6.07, 6.45) is 5.41. The molecule has 31 heavy (non-hydrogen) atoms. The van der Waals surface area contributed by atoms with Crippen LogP contribution in [0.3, 0.4) is 0 Å². The van der Waals surface area contributed by atoms with Crippen molar-refractivity contribution in [3.63, 3.8) is 0 Å². The number of hydrogen-bond donors (Lipinski definition) is 1. The first-order valence-corrected chi connectivity index (χ1v) is 11.3. The highest BCUT2D eigenvalue weighted by Gasteiger charge is 2.32. The Kier molecular flexibility index (Phi) is 6.71. The number of methoxy groups -OCH3 is 1. The zero-order valence-corrected chi connectivity index (χ0v) is 19.1. The summed E-state index contributed by atoms with van der Waals surface area (Å²) >= 11 is 6.53. The molecule has 0 bridgehead atoms. The molecule has 0 aromatic carbocycles. The van der Waals surface area contributed by atoms with E-state index in [4.69, 9.17) is 21.7 Å². The maximum Gasteiger partial charge on any atom is 0.267 e. The molecule has 4 heterocycles. The topological polar surface area (TPSA) is 85.2 Å². The minimum atomic E-state index is -0.245. The highest BCUT2D eigenvalue weighted by atomic mass is 32.2. The Morgan fingerprint density at radius 3 is 3.00 bits per heavy atom. The zero-order chi connectivity index (χ0) is 22.0. The Hall–Kier alpha value is -2.27. The second-order valence-electron chi connectivity index (χ2n) is 7.46. The van der Waals surface area contributed by atoms with Crippen LogP contribution in [0.4, 0.5) is 5.82 Å². The number of nitrogens with one attached hydrogen (secondary N) is 1. The molecule has 1 unspecified atom stereocenters. The molecule has 2 saturated heterocycles. The van der Waals surface area contributed by atoms with Crippen LogP contribution < -0.4 is 10.9 Å². The van der Waals surface area contributed by atoms with Gasteiger partial charge in [-0.05, 0) is 37.5 Å². The predicted octanol–water partition coefficient (Wildman–Crippen LogP) is 2.44. The number of nitrogens with zero attached hydrogens (tertiary/aromatic N) is 3. The van der Waals surface area contributed by atoms with Crippen molar-refractivity contribution >= 4 is 51.7 Å². The fourth-order valence-corrected chi connectivity index (χ4v) is 4.84. The van der Waals surface area contributed by atoms with Crippen molar-refractivity contribution in [3.05, 3.63) is 44.7 Å². The van der Waals surface area contributed by atoms with Crippen LogP contribution in [0.1, 0.15) is 24.0 Å². The SMILES string of the molecule is COCCN1C(=O)C(=Cc2c(NCC3CCCO3)nc3ccc(C)cn3c2=O)SC1=S. The lowest BCUT2D eigenvalue weighted by atomic mass is 10.2. The number of pyridine rings is 1. The zero-order valence-electron chi connectivity index (χ0n) is 17.4. The lowest BCUT2D eigenvalue weighted by molar-refractivity contribution is -0.122. The molecule has 2 aromatic rings. The highest BCUT2D eigenvalue weighted by molar-refractivity contribution is 8.26. The minimum Gasteiger partial charge on any atom is -0.383 e. The Labute approximate surface area is 189 Å². The molecule has 2 aliphatic heterocycles. The number of thiocarbonyl (C=S) groups is 1. The van der Waals surface area contributed by atoms with Gasteiger partial charge in [-0.1, -0.05) is 30.0 Å². The van der Waals surface area contributed by atoms with Gasteiger partial charge >= 0.3 is 0 Å². The molecule has 2 aliphatic rings. The molecule has 1 atom stereocenters. The van der Waals surface area contributed by atoms with Crippen LogP contribution in [0.2, 0.25) is 0 Å². The largest absolute Gasteiger partial charge is 0.383 e. The monoisotopic (exact) mass is 460 g/mol. The number of amides is 1. The van der Waals surface area contributed by atoms with Gasteiger partial charge < -0.3 is 14.8 Å². The molecule has 10 heteroatoms. The van der Waals surface area contributed by atoms with E-state index < -0.39 is 0 Å². The van der Waals surface area contributed by atoms with Crippen LogP contribution in [0.5, 0.6) is 0 Å². The van der Waals surface area contributed by atoms with Gasteiger partial charge in [0, 0.05) is 26.5 Å². The molecule has 164 valence electrons. The lowest BCUT2D eigenvalue weighted by Gasteiger charge is -2.15. The molecule has 1 N–H and O–H groups in total. The van der Waals surface area contributed by atoms with Gasteiger partial charge in [-0.3, -0.25) is 18.9 Å². The summed E-state index contributed by atoms with van der Waals surface area (Å²) in [5.74, 6) is 0.206. The van der Waals surface area contributed by atoms with Crippen molar-refractivity contribution in [2.45, 2.75) is 25.9 Å². The second-order valence-corrected chi connectivity index (χ2v) is 9.13. The molecule has 4 rings (SSSR count). The van der Waals surface area contributed by atoms with E-state index in [1.165, 1.54) is 21.1 Å². The number of rotatable bonds is 7. The lowest BCUT2D eigenvalue weighted by Crippen LogP contribution is -2.31. The smallest absolute Gasteiger partial charge is 0.267 e. The summed E-state index contributed by atoms with van der Waals surface area (Å²) in [5, 5.41) is 3.27. The molecule has 0 radical (unpaired) electrons. The summed E-state index contributed by atoms with van der Waals surface area (Å²) in [7, 11) is 1.57. The third kappa shape index (κ3) is 4.67. The number of aromatic nitrogens is 2. The Morgan fingerprint density at radius 1 is 1.42 bits per heavy atom. The molecular formula is C21H24N4O4S2. The third-order valence-electron chi connectivity index (χ3n) is 5.19. The van der Waals surface area contributed by atoms with Gasteiger partial charge in [0.1, 0.15) is 15.8 Å². The van der Waals surface area contributed by atoms with Crippen LogP contribution in [0, 0.1) is 6.92 Å². The van der Waals surface area contributed by atoms with Gasteiger partial charge in [0.25, 0.3) is 11.5 Å². The first-order chi connectivity index (χ1) is 15.0. The first kappa shape index (κ1) is 21.9. The molecule has 2 aromatic heterocycles. The van der Waals surface area contributed by atoms with E-state index in [-0.39, 0.29) is 17.6 Å². The quantitative estimate of drug-likeness (QED) is 0.498. The van der Waals surface area contributed by atoms with Crippen LogP contribution in [0.15, 0.2) is 28.0 Å². The summed E-state index contributed by atoms with van der Waals surface area (Å²) in [5.41, 5.74) is 1.56. The number of aryl methyl sites for hydroxylation is 1. The number of carbonyl (C=O) groups is 1. The number of fused-ring (bicyclic) bond motifs is 1. The Morgan fingerprint density at radius 2 is 2.26 bits per heavy atom. The minimum absolute atomic E-state index is 0.0818. The number of carbonyl (C=O) groups excluding carboxylic acids is 1. The third-order valence-corrected chi connectivity index (χ3v) is 6.57. The van der Waals surface area contributed by atoms with Gasteiger partial charge in [-0.25, -0.2) is 4.98 Å². The molecule has 2 fully saturated rings. The highest BCUT2D eigenvalue weighted by Crippen LogP contribution is 2.33. The van der Waals surface area contributed by atoms with E-state index in [9.17, 15) is 9.59 Å². The van der Waals surface area contributed by atoms with Crippen molar-refractivity contribution in [1.82, 2.24) is 14.3 Å². The molecule has 8 nitrogen and oxygen atoms in total. The number of hydrogen-bond acceptors (Lipinski definition) is 8. The van der Waals surface area contributed by atoms with E-state index in [2.05, 4.69) is 10.3 Å². The number of ether oxygens (including phenoxy) is 2. The van der Waals surface area contributed by atoms with Crippen LogP contribution in [0.25, 0.3) is 11.7 Å². The van der Waals surface area contributed by atoms with Gasteiger partial charge in [0.2, 0.25) is 0 Å². The maximum atomic E-state index is 13.3. The normalized spacial score (nSPS) is 20.4. The van der Waals surface area contributed by atoms with E-state index in [1.807, 2.05) is 19.1 Å². The van der Waals surface area contributed by atoms with Crippen molar-refractivity contribution in [2.75, 3.05) is 38.7 Å². The number of anilines is 1. The molecule has 0 saturated carbocycles. The second kappa shape index (κ2) is 9.47. The molecular weight excluding hydrogens is 436 g/mol. The summed E-state index contributed by atoms with van der Waals surface area (Å²) in [4.78, 5) is 32.7. The first-order valence-electron chi connectivity index (χ1n) is 10.1. The van der Waals surface area contributed by atoms with E-state index in [1.54, 1.807) is 19.4 Å². The molecule has 1 amide bonds. The Balaban J connectivity index is 1.73. The summed E-state index contributed by atoms with van der Waals surface area (Å²) in [6.45, 7) is 3.96. The maximum absolute atomic E-state index is 13.3. The van der Waals surface area contributed by atoms with Crippen molar-refractivity contribution in [1.29, 1.82) is 0 Å². The average molecular weight is 461 g/mol. The molecule has 0 aliphatic carbocycles. The van der Waals surface area contributed by atoms with Gasteiger partial charge in [-0.2, -0.15) is 0 Å². The molecule has 0 spiro atoms. The fraction of sp³-hybridized carbons (Fsp3) is 0.429. The van der Waals surface area contributed by atoms with Gasteiger partial charge in [0.15, 0.2) is 0 Å². The van der Waals surface area contributed by atoms with E-state index >= 15 is 0 Å². The Bertz CT molecular complexity index is 1110. The van der Waals surface area contributed by atoms with Gasteiger partial charge in [0.05, 0.1) is 29.7 Å². The van der Waals surface area contributed by atoms with Crippen LogP contribution in [-0.4, -0.2) is 64.0 Å². The average Bonchev–Trinajstić information content (AvgIpc) is 3.36. The van der Waals surface area contributed by atoms with Crippen molar-refractivity contribution in [2.24, 2.45) is 0 Å². The van der Waals surface area contributed by atoms with Crippen LogP contribution >= 0.6 is 24.0 Å². The summed E-state index contributed by atoms with van der Waals surface area (Å²) in [6, 6.07) is 3.72. The van der Waals surface area contributed by atoms with Gasteiger partial charge in [-0.15, -0.1) is 0 Å². The van der Waals surface area contributed by atoms with E-state index in [0.717, 1.165) is 25.0 Å². The predicted molar refractivity (Wildman–Crippen MR) is 125 cm³/mol. The standard InChI is InChI=1S/C21H24N4O4S2/c1-13-5-6-17-23-18(22-11-14-4-3-8-29-14)15(19(26)25(17)12-13)10-16-20(27)24(7-9-28-2)21(30)31-16/h5-6,10,12,14,22H,3-4,7-9,11H2,1-2H3. The number of thioether (sulfide) groups is 1.